The molecular weight excluding hydrogens is 499 g/mol. The molecule has 14 heteroatoms. The Morgan fingerprint density at radius 3 is 2.51 bits per heavy atom. The third-order valence-corrected chi connectivity index (χ3v) is 5.87. The van der Waals surface area contributed by atoms with E-state index < -0.39 is 12.1 Å². The zero-order valence-corrected chi connectivity index (χ0v) is 20.3. The molecular formula is C23H30F3N5O6. The molecule has 0 radical (unpaired) electrons. The van der Waals surface area contributed by atoms with Crippen molar-refractivity contribution in [1.82, 2.24) is 15.1 Å². The normalized spacial score (nSPS) is 16.2. The largest absolute Gasteiger partial charge is 0.496 e. The molecule has 0 unspecified atom stereocenters. The zero-order chi connectivity index (χ0) is 26.8. The third-order valence-electron chi connectivity index (χ3n) is 5.87. The summed E-state index contributed by atoms with van der Waals surface area (Å²) in [4.78, 5) is 23.5. The molecule has 1 saturated carbocycles. The summed E-state index contributed by atoms with van der Waals surface area (Å²) in [6.45, 7) is 5.36. The second-order valence-corrected chi connectivity index (χ2v) is 8.48. The number of aliphatic carboxylic acids is 1. The Morgan fingerprint density at radius 1 is 1.22 bits per heavy atom. The van der Waals surface area contributed by atoms with Crippen molar-refractivity contribution in [2.75, 3.05) is 57.1 Å². The Labute approximate surface area is 211 Å². The number of rotatable bonds is 9. The van der Waals surface area contributed by atoms with Gasteiger partial charge in [-0.05, 0) is 37.9 Å². The summed E-state index contributed by atoms with van der Waals surface area (Å²) in [6.07, 6.45) is -1.05. The lowest BCUT2D eigenvalue weighted by molar-refractivity contribution is -0.192. The fourth-order valence-corrected chi connectivity index (χ4v) is 3.59. The Balaban J connectivity index is 0.000000479. The fourth-order valence-electron chi connectivity index (χ4n) is 3.59. The number of carbonyl (C=O) groups excluding carboxylic acids is 1. The number of ether oxygens (including phenoxy) is 2. The van der Waals surface area contributed by atoms with Crippen molar-refractivity contribution in [1.29, 1.82) is 0 Å². The molecule has 1 amide bonds. The molecule has 2 heterocycles. The molecule has 2 aromatic rings. The van der Waals surface area contributed by atoms with Crippen LogP contribution in [0.3, 0.4) is 0 Å². The number of benzene rings is 1. The van der Waals surface area contributed by atoms with Gasteiger partial charge in [-0.1, -0.05) is 11.5 Å². The number of alkyl halides is 3. The molecule has 0 bridgehead atoms. The van der Waals surface area contributed by atoms with Gasteiger partial charge in [0.2, 0.25) is 5.91 Å². The van der Waals surface area contributed by atoms with Crippen LogP contribution in [-0.4, -0.2) is 84.8 Å². The van der Waals surface area contributed by atoms with Crippen molar-refractivity contribution < 1.29 is 41.8 Å². The fraction of sp³-hybridized carbons (Fsp3) is 0.565. The van der Waals surface area contributed by atoms with Crippen LogP contribution in [0.2, 0.25) is 0 Å². The van der Waals surface area contributed by atoms with Crippen LogP contribution in [-0.2, 0) is 14.3 Å². The van der Waals surface area contributed by atoms with Crippen LogP contribution in [0.25, 0.3) is 11.5 Å². The first kappa shape index (κ1) is 28.2. The summed E-state index contributed by atoms with van der Waals surface area (Å²) in [7, 11) is 1.58. The number of nitrogens with zero attached hydrogens (tertiary/aromatic N) is 3. The molecule has 3 N–H and O–H groups in total. The molecule has 1 aromatic heterocycles. The van der Waals surface area contributed by atoms with Gasteiger partial charge in [-0.3, -0.25) is 9.69 Å². The lowest BCUT2D eigenvalue weighted by Gasteiger charge is -2.26. The number of hydrogen-bond acceptors (Lipinski definition) is 9. The smallest absolute Gasteiger partial charge is 0.490 e. The van der Waals surface area contributed by atoms with E-state index in [0.29, 0.717) is 28.9 Å². The molecule has 0 atom stereocenters. The third kappa shape index (κ3) is 8.60. The highest BCUT2D eigenvalue weighted by atomic mass is 19.4. The minimum Gasteiger partial charge on any atom is -0.496 e. The van der Waals surface area contributed by atoms with E-state index in [-0.39, 0.29) is 11.8 Å². The maximum absolute atomic E-state index is 12.2. The van der Waals surface area contributed by atoms with Crippen LogP contribution in [0.5, 0.6) is 5.75 Å². The minimum atomic E-state index is -5.08. The number of amides is 1. The van der Waals surface area contributed by atoms with Crippen LogP contribution >= 0.6 is 0 Å². The van der Waals surface area contributed by atoms with E-state index in [9.17, 15) is 18.0 Å². The zero-order valence-electron chi connectivity index (χ0n) is 20.3. The highest BCUT2D eigenvalue weighted by molar-refractivity contribution is 5.93. The average molecular weight is 530 g/mol. The molecule has 2 aliphatic rings. The van der Waals surface area contributed by atoms with Gasteiger partial charge in [0.1, 0.15) is 5.75 Å². The highest BCUT2D eigenvalue weighted by Crippen LogP contribution is 2.33. The lowest BCUT2D eigenvalue weighted by Crippen LogP contribution is -2.37. The maximum Gasteiger partial charge on any atom is 0.490 e. The summed E-state index contributed by atoms with van der Waals surface area (Å²) >= 11 is 0. The van der Waals surface area contributed by atoms with Gasteiger partial charge >= 0.3 is 18.2 Å². The molecule has 37 heavy (non-hydrogen) atoms. The average Bonchev–Trinajstić information content (AvgIpc) is 3.30. The summed E-state index contributed by atoms with van der Waals surface area (Å²) < 4.78 is 48.3. The van der Waals surface area contributed by atoms with E-state index >= 15 is 0 Å². The quantitative estimate of drug-likeness (QED) is 0.415. The summed E-state index contributed by atoms with van der Waals surface area (Å²) in [6, 6.07) is 5.82. The van der Waals surface area contributed by atoms with Gasteiger partial charge in [0.05, 0.1) is 25.9 Å². The Kier molecular flexibility index (Phi) is 10.1. The second-order valence-electron chi connectivity index (χ2n) is 8.48. The molecule has 4 rings (SSSR count). The van der Waals surface area contributed by atoms with Crippen LogP contribution in [0.1, 0.15) is 25.7 Å². The van der Waals surface area contributed by atoms with Crippen molar-refractivity contribution >= 4 is 23.6 Å². The SMILES string of the molecule is COc1cc(NC(=O)C2CCC2)ccc1-c1nnc(NCCCN2CCOCC2)o1.O=C(O)C(F)(F)F. The number of carboxylic acids is 1. The van der Waals surface area contributed by atoms with Crippen molar-refractivity contribution in [3.63, 3.8) is 0 Å². The Hall–Kier alpha value is -3.39. The van der Waals surface area contributed by atoms with Crippen LogP contribution in [0.4, 0.5) is 24.9 Å². The summed E-state index contributed by atoms with van der Waals surface area (Å²) in [5, 5.41) is 21.5. The molecule has 204 valence electrons. The number of hydrogen-bond donors (Lipinski definition) is 3. The second kappa shape index (κ2) is 13.2. The first-order valence-corrected chi connectivity index (χ1v) is 11.8. The van der Waals surface area contributed by atoms with Crippen molar-refractivity contribution in [2.45, 2.75) is 31.9 Å². The van der Waals surface area contributed by atoms with Gasteiger partial charge in [0.15, 0.2) is 0 Å². The van der Waals surface area contributed by atoms with E-state index in [4.69, 9.17) is 23.8 Å². The van der Waals surface area contributed by atoms with Crippen molar-refractivity contribution in [2.24, 2.45) is 5.92 Å². The summed E-state index contributed by atoms with van der Waals surface area (Å²) in [5.41, 5.74) is 1.39. The molecule has 1 aliphatic carbocycles. The van der Waals surface area contributed by atoms with E-state index in [2.05, 4.69) is 25.7 Å². The number of aromatic nitrogens is 2. The summed E-state index contributed by atoms with van der Waals surface area (Å²) in [5.74, 6) is -1.61. The van der Waals surface area contributed by atoms with Crippen LogP contribution in [0, 0.1) is 5.92 Å². The number of halogens is 3. The van der Waals surface area contributed by atoms with E-state index in [1.165, 1.54) is 0 Å². The van der Waals surface area contributed by atoms with Gasteiger partial charge in [-0.25, -0.2) is 4.79 Å². The first-order valence-electron chi connectivity index (χ1n) is 11.8. The number of anilines is 2. The van der Waals surface area contributed by atoms with E-state index in [1.807, 2.05) is 12.1 Å². The van der Waals surface area contributed by atoms with Crippen LogP contribution < -0.4 is 15.4 Å². The number of nitrogens with one attached hydrogen (secondary N) is 2. The first-order chi connectivity index (χ1) is 17.7. The standard InChI is InChI=1S/C21H29N5O4.C2HF3O2/c1-28-18-14-16(23-19(27)15-4-2-5-15)6-7-17(18)20-24-25-21(30-20)22-8-3-9-26-10-12-29-13-11-26;3-2(4,5)1(6)7/h6-7,14-15H,2-5,8-13H2,1H3,(H,22,25)(H,23,27);(H,6,7). The number of morpholine rings is 1. The Morgan fingerprint density at radius 2 is 1.92 bits per heavy atom. The molecule has 1 saturated heterocycles. The highest BCUT2D eigenvalue weighted by Gasteiger charge is 2.38. The number of carboxylic acid groups (broad SMARTS) is 1. The minimum absolute atomic E-state index is 0.0670. The van der Waals surface area contributed by atoms with Gasteiger partial charge in [-0.2, -0.15) is 13.2 Å². The Bertz CT molecular complexity index is 1040. The number of methoxy groups -OCH3 is 1. The van der Waals surface area contributed by atoms with Crippen LogP contribution in [0.15, 0.2) is 22.6 Å². The van der Waals surface area contributed by atoms with Crippen molar-refractivity contribution in [3.8, 4) is 17.2 Å². The van der Waals surface area contributed by atoms with Gasteiger partial charge in [0, 0.05) is 37.3 Å². The molecule has 11 nitrogen and oxygen atoms in total. The lowest BCUT2D eigenvalue weighted by atomic mass is 9.85. The molecule has 1 aliphatic heterocycles. The van der Waals surface area contributed by atoms with Gasteiger partial charge in [0.25, 0.3) is 5.89 Å². The van der Waals surface area contributed by atoms with Gasteiger partial charge in [-0.15, -0.1) is 5.10 Å². The topological polar surface area (TPSA) is 139 Å². The monoisotopic (exact) mass is 529 g/mol. The van der Waals surface area contributed by atoms with E-state index in [0.717, 1.165) is 65.1 Å². The number of carbonyl (C=O) groups is 2. The molecule has 0 spiro atoms. The molecule has 1 aromatic carbocycles. The maximum atomic E-state index is 12.2. The van der Waals surface area contributed by atoms with Crippen molar-refractivity contribution in [3.05, 3.63) is 18.2 Å². The molecule has 2 fully saturated rings. The predicted molar refractivity (Wildman–Crippen MR) is 126 cm³/mol. The van der Waals surface area contributed by atoms with E-state index in [1.54, 1.807) is 13.2 Å². The van der Waals surface area contributed by atoms with Gasteiger partial charge < -0.3 is 29.6 Å². The predicted octanol–water partition coefficient (Wildman–Crippen LogP) is 3.25.